The Bertz CT molecular complexity index is 364. The molecule has 0 rings (SSSR count). The Kier molecular flexibility index (Phi) is 5.87. The van der Waals surface area contributed by atoms with Crippen molar-refractivity contribution >= 4 is 0 Å². The smallest absolute Gasteiger partial charge is 0.243 e. The number of halogens is 7. The molecule has 0 aliphatic carbocycles. The quantitative estimate of drug-likeness (QED) is 0.427. The highest BCUT2D eigenvalue weighted by Crippen LogP contribution is 2.53. The average molecular weight is 306 g/mol. The van der Waals surface area contributed by atoms with Crippen molar-refractivity contribution in [1.82, 2.24) is 0 Å². The summed E-state index contributed by atoms with van der Waals surface area (Å²) in [5, 5.41) is 0. The zero-order valence-electron chi connectivity index (χ0n) is 11.2. The van der Waals surface area contributed by atoms with Crippen molar-refractivity contribution in [3.05, 3.63) is 24.8 Å². The summed E-state index contributed by atoms with van der Waals surface area (Å²) < 4.78 is 95.7. The fourth-order valence-corrected chi connectivity index (χ4v) is 1.75. The SMILES string of the molecule is C=CCC(F)C(F)(F)C(F)(F)C(F)(C(=C)C)C(F)CC. The van der Waals surface area contributed by atoms with Crippen molar-refractivity contribution < 1.29 is 30.7 Å². The fraction of sp³-hybridized carbons (Fsp3) is 0.692. The Morgan fingerprint density at radius 3 is 1.85 bits per heavy atom. The van der Waals surface area contributed by atoms with E-state index in [1.165, 1.54) is 0 Å². The van der Waals surface area contributed by atoms with Gasteiger partial charge in [0.2, 0.25) is 5.67 Å². The molecule has 0 aromatic rings. The van der Waals surface area contributed by atoms with Crippen molar-refractivity contribution in [3.63, 3.8) is 0 Å². The largest absolute Gasteiger partial charge is 0.353 e. The van der Waals surface area contributed by atoms with Gasteiger partial charge in [0, 0.05) is 6.42 Å². The molecule has 0 aromatic heterocycles. The second kappa shape index (κ2) is 6.18. The van der Waals surface area contributed by atoms with Crippen LogP contribution in [0.4, 0.5) is 30.7 Å². The van der Waals surface area contributed by atoms with Crippen LogP contribution in [0.3, 0.4) is 0 Å². The summed E-state index contributed by atoms with van der Waals surface area (Å²) in [7, 11) is 0. The zero-order chi connectivity index (χ0) is 16.4. The lowest BCUT2D eigenvalue weighted by Gasteiger charge is -2.40. The van der Waals surface area contributed by atoms with Gasteiger partial charge in [0.15, 0.2) is 6.17 Å². The third-order valence-corrected chi connectivity index (χ3v) is 3.05. The van der Waals surface area contributed by atoms with E-state index in [0.29, 0.717) is 13.0 Å². The highest BCUT2D eigenvalue weighted by Gasteiger charge is 2.75. The first-order chi connectivity index (χ1) is 8.91. The van der Waals surface area contributed by atoms with Crippen molar-refractivity contribution in [3.8, 4) is 0 Å². The summed E-state index contributed by atoms with van der Waals surface area (Å²) >= 11 is 0. The summed E-state index contributed by atoms with van der Waals surface area (Å²) in [4.78, 5) is 0. The Balaban J connectivity index is 5.88. The highest BCUT2D eigenvalue weighted by atomic mass is 19.3. The van der Waals surface area contributed by atoms with Gasteiger partial charge in [-0.15, -0.1) is 6.58 Å². The predicted octanol–water partition coefficient (Wildman–Crippen LogP) is 5.20. The van der Waals surface area contributed by atoms with E-state index < -0.39 is 48.3 Å². The Labute approximate surface area is 113 Å². The van der Waals surface area contributed by atoms with Crippen LogP contribution >= 0.6 is 0 Å². The van der Waals surface area contributed by atoms with E-state index in [-0.39, 0.29) is 0 Å². The number of hydrogen-bond acceptors (Lipinski definition) is 0. The van der Waals surface area contributed by atoms with Gasteiger partial charge in [-0.05, 0) is 18.9 Å². The molecule has 0 aliphatic heterocycles. The Morgan fingerprint density at radius 2 is 1.55 bits per heavy atom. The van der Waals surface area contributed by atoms with E-state index in [4.69, 9.17) is 0 Å². The minimum Gasteiger partial charge on any atom is -0.243 e. The number of rotatable bonds is 8. The molecule has 0 amide bonds. The molecule has 7 heteroatoms. The molecule has 0 saturated heterocycles. The van der Waals surface area contributed by atoms with Crippen LogP contribution in [0.15, 0.2) is 24.8 Å². The van der Waals surface area contributed by atoms with E-state index >= 15 is 0 Å². The maximum Gasteiger partial charge on any atom is 0.353 e. The maximum absolute atomic E-state index is 14.3. The molecule has 3 unspecified atom stereocenters. The Hall–Kier alpha value is -1.01. The molecule has 0 fully saturated rings. The van der Waals surface area contributed by atoms with E-state index in [2.05, 4.69) is 13.2 Å². The first kappa shape index (κ1) is 19.0. The molecule has 0 bridgehead atoms. The maximum atomic E-state index is 14.3. The number of alkyl halides is 7. The number of hydrogen-bond donors (Lipinski definition) is 0. The molecule has 0 aromatic carbocycles. The normalized spacial score (nSPS) is 19.1. The van der Waals surface area contributed by atoms with Crippen LogP contribution in [-0.2, 0) is 0 Å². The van der Waals surface area contributed by atoms with Gasteiger partial charge in [0.05, 0.1) is 0 Å². The zero-order valence-corrected chi connectivity index (χ0v) is 11.2. The second-order valence-electron chi connectivity index (χ2n) is 4.56. The molecule has 0 nitrogen and oxygen atoms in total. The van der Waals surface area contributed by atoms with Gasteiger partial charge < -0.3 is 0 Å². The molecule has 0 spiro atoms. The van der Waals surface area contributed by atoms with Crippen LogP contribution in [0.1, 0.15) is 26.7 Å². The van der Waals surface area contributed by atoms with E-state index in [1.54, 1.807) is 0 Å². The van der Waals surface area contributed by atoms with Gasteiger partial charge in [-0.3, -0.25) is 0 Å². The van der Waals surface area contributed by atoms with E-state index in [1.807, 2.05) is 0 Å². The van der Waals surface area contributed by atoms with Gasteiger partial charge in [0.25, 0.3) is 0 Å². The third kappa shape index (κ3) is 2.72. The van der Waals surface area contributed by atoms with Gasteiger partial charge in [-0.2, -0.15) is 17.6 Å². The third-order valence-electron chi connectivity index (χ3n) is 3.05. The molecular weight excluding hydrogens is 289 g/mol. The molecule has 118 valence electrons. The summed E-state index contributed by atoms with van der Waals surface area (Å²) in [5.41, 5.74) is -5.47. The lowest BCUT2D eigenvalue weighted by molar-refractivity contribution is -0.294. The van der Waals surface area contributed by atoms with Crippen LogP contribution < -0.4 is 0 Å². The van der Waals surface area contributed by atoms with Crippen molar-refractivity contribution in [1.29, 1.82) is 0 Å². The molecule has 0 N–H and O–H groups in total. The summed E-state index contributed by atoms with van der Waals surface area (Å²) in [6, 6.07) is 0. The standard InChI is InChI=1S/C13H17F7/c1-5-7-10(15)12(17,18)13(19,20)11(16,8(3)4)9(14)6-2/h5,9-10H,1,3,6-7H2,2,4H3. The minimum atomic E-state index is -5.58. The van der Waals surface area contributed by atoms with Crippen molar-refractivity contribution in [2.24, 2.45) is 0 Å². The first-order valence-electron chi connectivity index (χ1n) is 5.90. The molecule has 0 saturated carbocycles. The van der Waals surface area contributed by atoms with Crippen molar-refractivity contribution in [2.45, 2.75) is 56.5 Å². The van der Waals surface area contributed by atoms with E-state index in [9.17, 15) is 30.7 Å². The van der Waals surface area contributed by atoms with Gasteiger partial charge in [-0.25, -0.2) is 13.2 Å². The van der Waals surface area contributed by atoms with Crippen LogP contribution in [0.5, 0.6) is 0 Å². The molecule has 0 radical (unpaired) electrons. The molecule has 0 heterocycles. The average Bonchev–Trinajstić information content (AvgIpc) is 2.36. The van der Waals surface area contributed by atoms with Gasteiger partial charge in [0.1, 0.15) is 6.17 Å². The van der Waals surface area contributed by atoms with Crippen LogP contribution in [0, 0.1) is 0 Å². The summed E-state index contributed by atoms with van der Waals surface area (Å²) in [6.45, 7) is 7.42. The predicted molar refractivity (Wildman–Crippen MR) is 63.4 cm³/mol. The lowest BCUT2D eigenvalue weighted by atomic mass is 9.80. The summed E-state index contributed by atoms with van der Waals surface area (Å²) in [6.07, 6.45) is -7.56. The Morgan fingerprint density at radius 1 is 1.10 bits per heavy atom. The fourth-order valence-electron chi connectivity index (χ4n) is 1.75. The minimum absolute atomic E-state index is 0.655. The monoisotopic (exact) mass is 306 g/mol. The second-order valence-corrected chi connectivity index (χ2v) is 4.56. The molecular formula is C13H17F7. The van der Waals surface area contributed by atoms with Gasteiger partial charge >= 0.3 is 11.8 Å². The topological polar surface area (TPSA) is 0 Å². The van der Waals surface area contributed by atoms with E-state index in [0.717, 1.165) is 6.92 Å². The van der Waals surface area contributed by atoms with Crippen molar-refractivity contribution in [2.75, 3.05) is 0 Å². The first-order valence-corrected chi connectivity index (χ1v) is 5.90. The number of allylic oxidation sites excluding steroid dienone is 2. The van der Waals surface area contributed by atoms with Crippen LogP contribution in [0.2, 0.25) is 0 Å². The molecule has 3 atom stereocenters. The van der Waals surface area contributed by atoms with Gasteiger partial charge in [-0.1, -0.05) is 19.6 Å². The van der Waals surface area contributed by atoms with Crippen LogP contribution in [-0.4, -0.2) is 29.9 Å². The molecule has 20 heavy (non-hydrogen) atoms. The van der Waals surface area contributed by atoms with Crippen LogP contribution in [0.25, 0.3) is 0 Å². The summed E-state index contributed by atoms with van der Waals surface area (Å²) in [5.74, 6) is -11.0. The highest BCUT2D eigenvalue weighted by molar-refractivity contribution is 5.24. The lowest BCUT2D eigenvalue weighted by Crippen LogP contribution is -2.64. The molecule has 0 aliphatic rings.